The lowest BCUT2D eigenvalue weighted by Gasteiger charge is -2.28. The fourth-order valence-electron chi connectivity index (χ4n) is 1.95. The molecule has 1 fully saturated rings. The smallest absolute Gasteiger partial charge is 0.0391 e. The molecule has 0 unspecified atom stereocenters. The summed E-state index contributed by atoms with van der Waals surface area (Å²) in [6.07, 6.45) is 5.92. The molecule has 0 radical (unpaired) electrons. The Bertz CT molecular complexity index is 86.2. The fraction of sp³-hybridized carbons (Fsp3) is 1.00. The Morgan fingerprint density at radius 2 is 1.33 bits per heavy atom. The van der Waals surface area contributed by atoms with Gasteiger partial charge in [-0.05, 0) is 30.6 Å². The lowest BCUT2D eigenvalue weighted by atomic mass is 9.78. The molecule has 1 saturated carbocycles. The van der Waals surface area contributed by atoms with E-state index in [1.165, 1.54) is 25.7 Å². The van der Waals surface area contributed by atoms with Crippen LogP contribution >= 0.6 is 0 Å². The molecule has 0 aromatic rings. The highest BCUT2D eigenvalue weighted by atomic mass is 14.3. The number of rotatable bonds is 1. The van der Waals surface area contributed by atoms with Crippen molar-refractivity contribution in [3.05, 3.63) is 0 Å². The third kappa shape index (κ3) is 4.13. The summed E-state index contributed by atoms with van der Waals surface area (Å²) in [5.74, 6) is 2.97. The average Bonchev–Trinajstić information content (AvgIpc) is 2.09. The summed E-state index contributed by atoms with van der Waals surface area (Å²) in [4.78, 5) is 0. The molecule has 0 heterocycles. The van der Waals surface area contributed by atoms with Crippen LogP contribution < -0.4 is 0 Å². The predicted octanol–water partition coefficient (Wildman–Crippen LogP) is 4.49. The molecule has 0 bridgehead atoms. The summed E-state index contributed by atoms with van der Waals surface area (Å²) in [7, 11) is 0. The van der Waals surface area contributed by atoms with Crippen LogP contribution in [0.5, 0.6) is 0 Å². The number of hydrogen-bond donors (Lipinski definition) is 0. The van der Waals surface area contributed by atoms with Crippen molar-refractivity contribution in [2.24, 2.45) is 17.8 Å². The molecule has 0 N–H and O–H groups in total. The largest absolute Gasteiger partial charge is 0.0683 e. The monoisotopic (exact) mass is 170 g/mol. The van der Waals surface area contributed by atoms with Crippen LogP contribution in [0.1, 0.15) is 60.3 Å². The van der Waals surface area contributed by atoms with Gasteiger partial charge in [0, 0.05) is 0 Å². The van der Waals surface area contributed by atoms with Crippen LogP contribution in [-0.2, 0) is 0 Å². The summed E-state index contributed by atoms with van der Waals surface area (Å²) in [5.41, 5.74) is 0. The van der Waals surface area contributed by atoms with E-state index in [0.29, 0.717) is 0 Å². The lowest BCUT2D eigenvalue weighted by molar-refractivity contribution is 0.234. The molecule has 0 spiro atoms. The highest BCUT2D eigenvalue weighted by Crippen LogP contribution is 2.32. The van der Waals surface area contributed by atoms with E-state index in [1.807, 2.05) is 13.8 Å². The van der Waals surface area contributed by atoms with Gasteiger partial charge in [-0.2, -0.15) is 0 Å². The normalized spacial score (nSPS) is 29.5. The van der Waals surface area contributed by atoms with E-state index >= 15 is 0 Å². The maximum absolute atomic E-state index is 2.39. The van der Waals surface area contributed by atoms with Gasteiger partial charge in [0.25, 0.3) is 0 Å². The minimum absolute atomic E-state index is 0.924. The Kier molecular flexibility index (Phi) is 6.51. The Morgan fingerprint density at radius 1 is 0.917 bits per heavy atom. The van der Waals surface area contributed by atoms with Crippen LogP contribution in [0, 0.1) is 17.8 Å². The molecular weight excluding hydrogens is 144 g/mol. The van der Waals surface area contributed by atoms with Crippen molar-refractivity contribution in [3.63, 3.8) is 0 Å². The molecular formula is C12H26. The van der Waals surface area contributed by atoms with Crippen LogP contribution in [0.3, 0.4) is 0 Å². The second-order valence-electron chi connectivity index (χ2n) is 4.26. The highest BCUT2D eigenvalue weighted by Gasteiger charge is 2.19. The zero-order valence-electron chi connectivity index (χ0n) is 9.56. The quantitative estimate of drug-likeness (QED) is 0.543. The van der Waals surface area contributed by atoms with Crippen LogP contribution in [-0.4, -0.2) is 0 Å². The summed E-state index contributed by atoms with van der Waals surface area (Å²) < 4.78 is 0. The Balaban J connectivity index is 0.000000561. The fourth-order valence-corrected chi connectivity index (χ4v) is 1.95. The van der Waals surface area contributed by atoms with Crippen LogP contribution in [0.25, 0.3) is 0 Å². The Morgan fingerprint density at radius 3 is 1.67 bits per heavy atom. The first-order chi connectivity index (χ1) is 5.70. The van der Waals surface area contributed by atoms with Gasteiger partial charge in [-0.1, -0.05) is 47.5 Å². The van der Waals surface area contributed by atoms with Crippen molar-refractivity contribution >= 4 is 0 Å². The van der Waals surface area contributed by atoms with Crippen LogP contribution in [0.2, 0.25) is 0 Å². The molecule has 1 aliphatic carbocycles. The second-order valence-corrected chi connectivity index (χ2v) is 4.26. The van der Waals surface area contributed by atoms with Gasteiger partial charge in [-0.15, -0.1) is 0 Å². The third-order valence-corrected chi connectivity index (χ3v) is 3.00. The van der Waals surface area contributed by atoms with E-state index < -0.39 is 0 Å². The molecule has 0 nitrogen and oxygen atoms in total. The maximum atomic E-state index is 2.39. The first-order valence-corrected chi connectivity index (χ1v) is 5.70. The van der Waals surface area contributed by atoms with Gasteiger partial charge < -0.3 is 0 Å². The van der Waals surface area contributed by atoms with Crippen molar-refractivity contribution in [2.75, 3.05) is 0 Å². The molecule has 0 saturated heterocycles. The molecule has 1 aliphatic rings. The number of hydrogen-bond acceptors (Lipinski definition) is 0. The Hall–Kier alpha value is 0. The maximum Gasteiger partial charge on any atom is -0.0391 e. The van der Waals surface area contributed by atoms with Crippen molar-refractivity contribution in [2.45, 2.75) is 60.3 Å². The van der Waals surface area contributed by atoms with Crippen LogP contribution in [0.15, 0.2) is 0 Å². The van der Waals surface area contributed by atoms with E-state index in [-0.39, 0.29) is 0 Å². The highest BCUT2D eigenvalue weighted by molar-refractivity contribution is 4.71. The SMILES string of the molecule is CC.CC1CCC(C(C)C)CC1. The van der Waals surface area contributed by atoms with Crippen LogP contribution in [0.4, 0.5) is 0 Å². The van der Waals surface area contributed by atoms with E-state index in [0.717, 1.165) is 17.8 Å². The van der Waals surface area contributed by atoms with Crippen molar-refractivity contribution in [3.8, 4) is 0 Å². The van der Waals surface area contributed by atoms with Gasteiger partial charge in [-0.3, -0.25) is 0 Å². The molecule has 0 heteroatoms. The summed E-state index contributed by atoms with van der Waals surface area (Å²) in [5, 5.41) is 0. The third-order valence-electron chi connectivity index (χ3n) is 3.00. The van der Waals surface area contributed by atoms with Crippen molar-refractivity contribution < 1.29 is 0 Å². The van der Waals surface area contributed by atoms with Gasteiger partial charge >= 0.3 is 0 Å². The topological polar surface area (TPSA) is 0 Å². The van der Waals surface area contributed by atoms with Gasteiger partial charge in [0.05, 0.1) is 0 Å². The van der Waals surface area contributed by atoms with Gasteiger partial charge in [0.1, 0.15) is 0 Å². The molecule has 1 rings (SSSR count). The molecule has 0 aromatic carbocycles. The average molecular weight is 170 g/mol. The van der Waals surface area contributed by atoms with Gasteiger partial charge in [0.15, 0.2) is 0 Å². The van der Waals surface area contributed by atoms with Gasteiger partial charge in [0.2, 0.25) is 0 Å². The molecule has 0 aromatic heterocycles. The first kappa shape index (κ1) is 12.0. The van der Waals surface area contributed by atoms with E-state index in [9.17, 15) is 0 Å². The standard InChI is InChI=1S/C10H20.C2H6/c1-8(2)10-6-4-9(3)5-7-10;1-2/h8-10H,4-7H2,1-3H3;1-2H3. The van der Waals surface area contributed by atoms with E-state index in [4.69, 9.17) is 0 Å². The lowest BCUT2D eigenvalue weighted by Crippen LogP contribution is -2.16. The van der Waals surface area contributed by atoms with Crippen molar-refractivity contribution in [1.82, 2.24) is 0 Å². The second kappa shape index (κ2) is 6.51. The summed E-state index contributed by atoms with van der Waals surface area (Å²) in [6.45, 7) is 11.1. The predicted molar refractivity (Wildman–Crippen MR) is 57.3 cm³/mol. The molecule has 0 amide bonds. The minimum Gasteiger partial charge on any atom is -0.0683 e. The molecule has 0 aliphatic heterocycles. The molecule has 0 atom stereocenters. The van der Waals surface area contributed by atoms with E-state index in [1.54, 1.807) is 0 Å². The zero-order chi connectivity index (χ0) is 9.56. The molecule has 74 valence electrons. The summed E-state index contributed by atoms with van der Waals surface area (Å²) in [6, 6.07) is 0. The van der Waals surface area contributed by atoms with Crippen molar-refractivity contribution in [1.29, 1.82) is 0 Å². The summed E-state index contributed by atoms with van der Waals surface area (Å²) >= 11 is 0. The van der Waals surface area contributed by atoms with Gasteiger partial charge in [-0.25, -0.2) is 0 Å². The zero-order valence-corrected chi connectivity index (χ0v) is 9.56. The molecule has 12 heavy (non-hydrogen) atoms. The van der Waals surface area contributed by atoms with E-state index in [2.05, 4.69) is 20.8 Å². The first-order valence-electron chi connectivity index (χ1n) is 5.70. The minimum atomic E-state index is 0.924. The Labute approximate surface area is 78.8 Å².